The van der Waals surface area contributed by atoms with Crippen LogP contribution in [0.25, 0.3) is 0 Å². The van der Waals surface area contributed by atoms with Crippen LogP contribution in [0.4, 0.5) is 5.82 Å². The van der Waals surface area contributed by atoms with Gasteiger partial charge in [0.05, 0.1) is 12.0 Å². The fraction of sp³-hybridized carbons (Fsp3) is 0.667. The van der Waals surface area contributed by atoms with E-state index in [-0.39, 0.29) is 11.5 Å². The van der Waals surface area contributed by atoms with Crippen LogP contribution in [-0.4, -0.2) is 28.8 Å². The van der Waals surface area contributed by atoms with Crippen molar-refractivity contribution in [1.82, 2.24) is 10.2 Å². The molecule has 2 rings (SSSR count). The number of rotatable bonds is 4. The zero-order valence-corrected chi connectivity index (χ0v) is 10.6. The van der Waals surface area contributed by atoms with Gasteiger partial charge in [0.1, 0.15) is 0 Å². The number of hydrogen-bond acceptors (Lipinski definition) is 3. The van der Waals surface area contributed by atoms with Crippen molar-refractivity contribution in [3.63, 3.8) is 0 Å². The lowest BCUT2D eigenvalue weighted by atomic mass is 9.77. The first-order chi connectivity index (χ1) is 8.06. The van der Waals surface area contributed by atoms with Crippen molar-refractivity contribution in [2.45, 2.75) is 45.1 Å². The van der Waals surface area contributed by atoms with Crippen molar-refractivity contribution < 1.29 is 9.53 Å². The number of nitrogens with one attached hydrogen (secondary N) is 2. The summed E-state index contributed by atoms with van der Waals surface area (Å²) in [6, 6.07) is 0. The molecule has 1 saturated carbocycles. The summed E-state index contributed by atoms with van der Waals surface area (Å²) >= 11 is 0. The Kier molecular flexibility index (Phi) is 3.19. The van der Waals surface area contributed by atoms with Crippen LogP contribution in [0.5, 0.6) is 0 Å². The summed E-state index contributed by atoms with van der Waals surface area (Å²) in [5.74, 6) is 0.597. The second-order valence-corrected chi connectivity index (χ2v) is 4.79. The monoisotopic (exact) mass is 237 g/mol. The topological polar surface area (TPSA) is 67.0 Å². The molecule has 17 heavy (non-hydrogen) atoms. The molecule has 1 aliphatic carbocycles. The van der Waals surface area contributed by atoms with Crippen LogP contribution in [0, 0.1) is 13.8 Å². The Hall–Kier alpha value is -1.36. The molecule has 1 aliphatic rings. The van der Waals surface area contributed by atoms with Crippen molar-refractivity contribution in [3.8, 4) is 0 Å². The lowest BCUT2D eigenvalue weighted by molar-refractivity contribution is -0.129. The van der Waals surface area contributed by atoms with Crippen molar-refractivity contribution in [3.05, 3.63) is 11.3 Å². The number of aromatic nitrogens is 2. The average molecular weight is 237 g/mol. The van der Waals surface area contributed by atoms with E-state index in [1.165, 1.54) is 0 Å². The van der Waals surface area contributed by atoms with Crippen molar-refractivity contribution in [2.24, 2.45) is 0 Å². The van der Waals surface area contributed by atoms with Gasteiger partial charge in [-0.05, 0) is 33.1 Å². The first-order valence-electron chi connectivity index (χ1n) is 5.93. The highest BCUT2D eigenvalue weighted by atomic mass is 16.5. The molecule has 1 fully saturated rings. The lowest BCUT2D eigenvalue weighted by Crippen LogP contribution is -2.42. The van der Waals surface area contributed by atoms with E-state index in [0.29, 0.717) is 12.2 Å². The maximum atomic E-state index is 11.9. The minimum atomic E-state index is -0.233. The highest BCUT2D eigenvalue weighted by molar-refractivity contribution is 5.91. The molecule has 1 aromatic rings. The number of aryl methyl sites for hydroxylation is 1. The van der Waals surface area contributed by atoms with Crippen molar-refractivity contribution in [1.29, 1.82) is 0 Å². The fourth-order valence-electron chi connectivity index (χ4n) is 2.10. The number of aromatic amines is 1. The third-order valence-corrected chi connectivity index (χ3v) is 3.69. The van der Waals surface area contributed by atoms with Crippen LogP contribution < -0.4 is 5.32 Å². The number of nitrogens with zero attached hydrogens (tertiary/aromatic N) is 1. The Morgan fingerprint density at radius 2 is 2.24 bits per heavy atom. The van der Waals surface area contributed by atoms with E-state index < -0.39 is 0 Å². The highest BCUT2D eigenvalue weighted by Gasteiger charge is 2.39. The van der Waals surface area contributed by atoms with Crippen LogP contribution in [0.2, 0.25) is 0 Å². The van der Waals surface area contributed by atoms with Crippen LogP contribution >= 0.6 is 0 Å². The molecule has 0 saturated heterocycles. The molecule has 0 radical (unpaired) electrons. The van der Waals surface area contributed by atoms with Gasteiger partial charge in [-0.2, -0.15) is 5.10 Å². The number of methoxy groups -OCH3 is 1. The minimum Gasteiger partial charge on any atom is -0.378 e. The van der Waals surface area contributed by atoms with Gasteiger partial charge in [-0.25, -0.2) is 0 Å². The number of amides is 1. The van der Waals surface area contributed by atoms with Crippen LogP contribution in [0.1, 0.15) is 36.9 Å². The third kappa shape index (κ3) is 2.34. The number of ether oxygens (including phenoxy) is 1. The maximum Gasteiger partial charge on any atom is 0.228 e. The van der Waals surface area contributed by atoms with E-state index >= 15 is 0 Å². The van der Waals surface area contributed by atoms with Crippen molar-refractivity contribution in [2.75, 3.05) is 12.4 Å². The molecule has 0 atom stereocenters. The Bertz CT molecular complexity index is 416. The molecule has 0 aromatic carbocycles. The average Bonchev–Trinajstić information content (AvgIpc) is 2.55. The predicted molar refractivity (Wildman–Crippen MR) is 64.9 cm³/mol. The van der Waals surface area contributed by atoms with E-state index in [4.69, 9.17) is 4.74 Å². The smallest absolute Gasteiger partial charge is 0.228 e. The van der Waals surface area contributed by atoms with Crippen LogP contribution in [0.15, 0.2) is 0 Å². The molecule has 0 unspecified atom stereocenters. The first-order valence-corrected chi connectivity index (χ1v) is 5.93. The maximum absolute atomic E-state index is 11.9. The SMILES string of the molecule is COC1(CC(=O)Nc2n[nH]c(C)c2C)CCC1. The highest BCUT2D eigenvalue weighted by Crippen LogP contribution is 2.38. The molecular formula is C12H19N3O2. The van der Waals surface area contributed by atoms with Gasteiger partial charge in [0.2, 0.25) is 5.91 Å². The molecule has 1 amide bonds. The molecular weight excluding hydrogens is 218 g/mol. The van der Waals surface area contributed by atoms with Gasteiger partial charge in [-0.1, -0.05) is 0 Å². The largest absolute Gasteiger partial charge is 0.378 e. The van der Waals surface area contributed by atoms with Crippen LogP contribution in [0.3, 0.4) is 0 Å². The Balaban J connectivity index is 1.95. The Morgan fingerprint density at radius 3 is 2.65 bits per heavy atom. The summed E-state index contributed by atoms with van der Waals surface area (Å²) in [5, 5.41) is 9.74. The number of H-pyrrole nitrogens is 1. The van der Waals surface area contributed by atoms with E-state index in [9.17, 15) is 4.79 Å². The second kappa shape index (κ2) is 4.49. The molecule has 1 heterocycles. The molecule has 0 aliphatic heterocycles. The molecule has 0 spiro atoms. The zero-order valence-electron chi connectivity index (χ0n) is 10.6. The first kappa shape index (κ1) is 12.1. The molecule has 0 bridgehead atoms. The number of hydrogen-bond donors (Lipinski definition) is 2. The molecule has 2 N–H and O–H groups in total. The molecule has 1 aromatic heterocycles. The van der Waals surface area contributed by atoms with Gasteiger partial charge in [0, 0.05) is 18.4 Å². The van der Waals surface area contributed by atoms with E-state index in [1.807, 2.05) is 13.8 Å². The van der Waals surface area contributed by atoms with Gasteiger partial charge >= 0.3 is 0 Å². The van der Waals surface area contributed by atoms with Gasteiger partial charge in [-0.3, -0.25) is 9.89 Å². The molecule has 5 nitrogen and oxygen atoms in total. The summed E-state index contributed by atoms with van der Waals surface area (Å²) < 4.78 is 5.43. The second-order valence-electron chi connectivity index (χ2n) is 4.79. The Labute approximate surface area is 101 Å². The van der Waals surface area contributed by atoms with Crippen molar-refractivity contribution >= 4 is 11.7 Å². The number of carbonyl (C=O) groups excluding carboxylic acids is 1. The predicted octanol–water partition coefficient (Wildman–Crippen LogP) is 1.92. The quantitative estimate of drug-likeness (QED) is 0.840. The molecule has 5 heteroatoms. The summed E-state index contributed by atoms with van der Waals surface area (Å²) in [6.07, 6.45) is 3.49. The third-order valence-electron chi connectivity index (χ3n) is 3.69. The van der Waals surface area contributed by atoms with Crippen LogP contribution in [-0.2, 0) is 9.53 Å². The summed E-state index contributed by atoms with van der Waals surface area (Å²) in [7, 11) is 1.68. The van der Waals surface area contributed by atoms with E-state index in [0.717, 1.165) is 30.5 Å². The zero-order chi connectivity index (χ0) is 12.5. The number of anilines is 1. The van der Waals surface area contributed by atoms with E-state index in [2.05, 4.69) is 15.5 Å². The number of carbonyl (C=O) groups is 1. The summed E-state index contributed by atoms with van der Waals surface area (Å²) in [6.45, 7) is 3.87. The molecule has 94 valence electrons. The van der Waals surface area contributed by atoms with Gasteiger partial charge in [-0.15, -0.1) is 0 Å². The van der Waals surface area contributed by atoms with E-state index in [1.54, 1.807) is 7.11 Å². The lowest BCUT2D eigenvalue weighted by Gasteiger charge is -2.39. The standard InChI is InChI=1S/C12H19N3O2/c1-8-9(2)14-15-11(8)13-10(16)7-12(17-3)5-4-6-12/h4-7H2,1-3H3,(H2,13,14,15,16). The summed E-state index contributed by atoms with van der Waals surface area (Å²) in [5.41, 5.74) is 1.73. The van der Waals surface area contributed by atoms with Gasteiger partial charge in [0.15, 0.2) is 5.82 Å². The Morgan fingerprint density at radius 1 is 1.53 bits per heavy atom. The summed E-state index contributed by atoms with van der Waals surface area (Å²) in [4.78, 5) is 11.9. The normalized spacial score (nSPS) is 17.6. The van der Waals surface area contributed by atoms with Gasteiger partial charge in [0.25, 0.3) is 0 Å². The fourth-order valence-corrected chi connectivity index (χ4v) is 2.10. The van der Waals surface area contributed by atoms with Gasteiger partial charge < -0.3 is 10.1 Å². The minimum absolute atomic E-state index is 0.0267.